The van der Waals surface area contributed by atoms with Crippen molar-refractivity contribution in [3.63, 3.8) is 0 Å². The molecule has 0 unspecified atom stereocenters. The van der Waals surface area contributed by atoms with Gasteiger partial charge in [0.1, 0.15) is 29.2 Å². The lowest BCUT2D eigenvalue weighted by Crippen LogP contribution is -2.37. The van der Waals surface area contributed by atoms with Gasteiger partial charge in [0.15, 0.2) is 34.6 Å². The largest absolute Gasteiger partial charge is 0.493 e. The Bertz CT molecular complexity index is 2130. The van der Waals surface area contributed by atoms with Gasteiger partial charge in [0.05, 0.1) is 33.4 Å². The first-order valence-corrected chi connectivity index (χ1v) is 20.8. The minimum Gasteiger partial charge on any atom is -0.493 e. The van der Waals surface area contributed by atoms with Gasteiger partial charge in [-0.15, -0.1) is 0 Å². The number of aliphatic hydroxyl groups is 1. The van der Waals surface area contributed by atoms with Crippen molar-refractivity contribution < 1.29 is 43.2 Å². The molecule has 0 fully saturated rings. The van der Waals surface area contributed by atoms with Gasteiger partial charge >= 0.3 is 11.9 Å². The summed E-state index contributed by atoms with van der Waals surface area (Å²) >= 11 is 0. The van der Waals surface area contributed by atoms with E-state index in [1.807, 2.05) is 18.2 Å². The highest BCUT2D eigenvalue weighted by atomic mass is 31.2. The number of hydrogen-bond donors (Lipinski definition) is 2. The summed E-state index contributed by atoms with van der Waals surface area (Å²) in [7, 11) is 0.859. The van der Waals surface area contributed by atoms with E-state index in [0.29, 0.717) is 23.3 Å². The normalized spacial score (nSPS) is 11.9. The average molecular weight is 801 g/mol. The van der Waals surface area contributed by atoms with Crippen LogP contribution in [-0.2, 0) is 19.2 Å². The van der Waals surface area contributed by atoms with Crippen LogP contribution in [0.3, 0.4) is 0 Å². The standard InChI is InChI=1S/C47H47NO9P/c1-54-44-30-34(21-25-36(50)32-37(51)26-22-35-24-28-43(45(31-35)55-2)57-47(53)41(48)33-49)23-27-42(44)56-46(52)20-12-13-29-58(38-14-6-3-7-15-38,39-16-8-4-9-17-39)40-18-10-5-11-19-40/h3-11,14-19,21-28,30-31,41,49H,12-13,20,29,32-33,48H2,1-2H3/q+1/b25-21+,26-22+/t41-/m0/s1. The van der Waals surface area contributed by atoms with E-state index in [4.69, 9.17) is 29.8 Å². The smallest absolute Gasteiger partial charge is 0.330 e. The molecule has 58 heavy (non-hydrogen) atoms. The number of carbonyl (C=O) groups is 4. The summed E-state index contributed by atoms with van der Waals surface area (Å²) in [5, 5.41) is 13.0. The molecule has 0 saturated heterocycles. The van der Waals surface area contributed by atoms with Gasteiger partial charge < -0.3 is 29.8 Å². The number of allylic oxidation sites excluding steroid dienone is 2. The highest BCUT2D eigenvalue weighted by Gasteiger charge is 2.44. The molecule has 3 N–H and O–H groups in total. The number of hydrogen-bond acceptors (Lipinski definition) is 10. The third-order valence-electron chi connectivity index (χ3n) is 9.30. The Morgan fingerprint density at radius 1 is 0.621 bits per heavy atom. The number of carbonyl (C=O) groups excluding carboxylic acids is 4. The zero-order chi connectivity index (χ0) is 41.3. The Morgan fingerprint density at radius 3 is 1.50 bits per heavy atom. The lowest BCUT2D eigenvalue weighted by Gasteiger charge is -2.27. The Morgan fingerprint density at radius 2 is 1.07 bits per heavy atom. The van der Waals surface area contributed by atoms with Crippen LogP contribution in [0.2, 0.25) is 0 Å². The first kappa shape index (κ1) is 42.9. The molecule has 0 aromatic heterocycles. The van der Waals surface area contributed by atoms with Crippen LogP contribution in [0.25, 0.3) is 12.2 Å². The van der Waals surface area contributed by atoms with Crippen molar-refractivity contribution in [3.05, 3.63) is 151 Å². The molecule has 0 aliphatic heterocycles. The van der Waals surface area contributed by atoms with Gasteiger partial charge in [0, 0.05) is 6.42 Å². The van der Waals surface area contributed by atoms with Crippen molar-refractivity contribution in [2.45, 2.75) is 31.7 Å². The van der Waals surface area contributed by atoms with E-state index in [9.17, 15) is 19.2 Å². The van der Waals surface area contributed by atoms with E-state index in [1.54, 1.807) is 36.4 Å². The summed E-state index contributed by atoms with van der Waals surface area (Å²) in [6, 6.07) is 40.3. The molecule has 0 amide bonds. The Labute approximate surface area is 339 Å². The molecule has 1 atom stereocenters. The molecular weight excluding hydrogens is 753 g/mol. The topological polar surface area (TPSA) is 151 Å². The van der Waals surface area contributed by atoms with Crippen molar-refractivity contribution >= 4 is 58.8 Å². The molecule has 0 radical (unpaired) electrons. The lowest BCUT2D eigenvalue weighted by molar-refractivity contribution is -0.137. The van der Waals surface area contributed by atoms with Crippen LogP contribution >= 0.6 is 7.26 Å². The van der Waals surface area contributed by atoms with E-state index in [-0.39, 0.29) is 36.1 Å². The first-order valence-electron chi connectivity index (χ1n) is 18.8. The van der Waals surface area contributed by atoms with Crippen molar-refractivity contribution in [2.24, 2.45) is 5.73 Å². The van der Waals surface area contributed by atoms with E-state index in [1.165, 1.54) is 54.4 Å². The molecular formula is C47H47NO9P+. The van der Waals surface area contributed by atoms with Crippen LogP contribution in [0.15, 0.2) is 140 Å². The zero-order valence-corrected chi connectivity index (χ0v) is 33.4. The van der Waals surface area contributed by atoms with Crippen molar-refractivity contribution in [2.75, 3.05) is 27.0 Å². The van der Waals surface area contributed by atoms with Gasteiger partial charge in [0.25, 0.3) is 0 Å². The minimum absolute atomic E-state index is 0.101. The number of unbranched alkanes of at least 4 members (excludes halogenated alkanes) is 1. The van der Waals surface area contributed by atoms with Gasteiger partial charge in [-0.3, -0.25) is 14.4 Å². The summed E-state index contributed by atoms with van der Waals surface area (Å²) in [5.74, 6) is -1.11. The third kappa shape index (κ3) is 11.4. The second kappa shape index (κ2) is 21.4. The monoisotopic (exact) mass is 800 g/mol. The van der Waals surface area contributed by atoms with E-state index in [2.05, 4.69) is 72.8 Å². The maximum atomic E-state index is 13.1. The van der Waals surface area contributed by atoms with Crippen molar-refractivity contribution in [1.82, 2.24) is 0 Å². The van der Waals surface area contributed by atoms with Crippen LogP contribution in [0, 0.1) is 0 Å². The molecule has 0 bridgehead atoms. The number of aliphatic hydroxyl groups excluding tert-OH is 1. The molecule has 0 aliphatic rings. The minimum atomic E-state index is -2.00. The van der Waals surface area contributed by atoms with Gasteiger partial charge in [-0.1, -0.05) is 78.9 Å². The van der Waals surface area contributed by atoms with Crippen molar-refractivity contribution in [3.8, 4) is 23.0 Å². The van der Waals surface area contributed by atoms with Gasteiger partial charge in [-0.2, -0.15) is 0 Å². The number of ketones is 2. The molecule has 0 heterocycles. The van der Waals surface area contributed by atoms with E-state index >= 15 is 0 Å². The number of benzene rings is 5. The quantitative estimate of drug-likeness (QED) is 0.0231. The highest BCUT2D eigenvalue weighted by Crippen LogP contribution is 2.56. The number of nitrogens with two attached hydrogens (primary N) is 1. The maximum Gasteiger partial charge on any atom is 0.330 e. The summed E-state index contributed by atoms with van der Waals surface area (Å²) in [6.07, 6.45) is 7.87. The summed E-state index contributed by atoms with van der Waals surface area (Å²) in [4.78, 5) is 50.2. The molecule has 5 rings (SSSR count). The van der Waals surface area contributed by atoms with Crippen LogP contribution in [-0.4, -0.2) is 61.6 Å². The van der Waals surface area contributed by atoms with Gasteiger partial charge in [-0.25, -0.2) is 4.79 Å². The number of methoxy groups -OCH3 is 2. The highest BCUT2D eigenvalue weighted by molar-refractivity contribution is 7.95. The summed E-state index contributed by atoms with van der Waals surface area (Å²) in [6.45, 7) is -0.569. The molecule has 5 aromatic rings. The predicted molar refractivity (Wildman–Crippen MR) is 229 cm³/mol. The summed E-state index contributed by atoms with van der Waals surface area (Å²) in [5.41, 5.74) is 6.67. The molecule has 0 spiro atoms. The molecule has 0 saturated carbocycles. The van der Waals surface area contributed by atoms with Crippen LogP contribution in [0.4, 0.5) is 0 Å². The van der Waals surface area contributed by atoms with Crippen LogP contribution in [0.1, 0.15) is 36.8 Å². The fourth-order valence-electron chi connectivity index (χ4n) is 6.34. The van der Waals surface area contributed by atoms with Crippen LogP contribution in [0.5, 0.6) is 23.0 Å². The zero-order valence-electron chi connectivity index (χ0n) is 32.5. The third-order valence-corrected chi connectivity index (χ3v) is 13.8. The number of rotatable bonds is 20. The molecule has 11 heteroatoms. The first-order chi connectivity index (χ1) is 28.2. The van der Waals surface area contributed by atoms with Crippen molar-refractivity contribution in [1.29, 1.82) is 0 Å². The maximum absolute atomic E-state index is 13.1. The number of esters is 2. The van der Waals surface area contributed by atoms with E-state index in [0.717, 1.165) is 12.6 Å². The van der Waals surface area contributed by atoms with E-state index < -0.39 is 37.4 Å². The second-order valence-electron chi connectivity index (χ2n) is 13.3. The number of ether oxygens (including phenoxy) is 4. The Hall–Kier alpha value is -6.19. The summed E-state index contributed by atoms with van der Waals surface area (Å²) < 4.78 is 21.7. The molecule has 5 aromatic carbocycles. The fourth-order valence-corrected chi connectivity index (χ4v) is 10.8. The van der Waals surface area contributed by atoms with Crippen LogP contribution < -0.4 is 40.6 Å². The molecule has 10 nitrogen and oxygen atoms in total. The lowest BCUT2D eigenvalue weighted by atomic mass is 10.1. The molecule has 298 valence electrons. The van der Waals surface area contributed by atoms with Gasteiger partial charge in [0.2, 0.25) is 0 Å². The Kier molecular flexibility index (Phi) is 15.8. The molecule has 0 aliphatic carbocycles. The Balaban J connectivity index is 1.15. The SMILES string of the molecule is COc1cc(/C=C/C(=O)CC(=O)/C=C/c2ccc(OC(=O)[C@@H](N)CO)c(OC)c2)ccc1OC(=O)CCCC[P+](c1ccccc1)(c1ccccc1)c1ccccc1. The van der Waals surface area contributed by atoms with Gasteiger partial charge in [-0.05, 0) is 96.8 Å². The predicted octanol–water partition coefficient (Wildman–Crippen LogP) is 6.25. The average Bonchev–Trinajstić information content (AvgIpc) is 3.26. The second-order valence-corrected chi connectivity index (χ2v) is 16.9. The fraction of sp³-hybridized carbons (Fsp3) is 0.191.